The zero-order valence-corrected chi connectivity index (χ0v) is 12.0. The molecular weight excluding hydrogens is 303 g/mol. The summed E-state index contributed by atoms with van der Waals surface area (Å²) in [6, 6.07) is 0. The van der Waals surface area contributed by atoms with Gasteiger partial charge in [-0.05, 0) is 13.8 Å². The maximum absolute atomic E-state index is 14.4. The van der Waals surface area contributed by atoms with Crippen molar-refractivity contribution in [2.45, 2.75) is 31.4 Å². The molecule has 5 unspecified atom stereocenters. The summed E-state index contributed by atoms with van der Waals surface area (Å²) >= 11 is 0. The van der Waals surface area contributed by atoms with Crippen LogP contribution in [0, 0.1) is 11.8 Å². The van der Waals surface area contributed by atoms with E-state index in [1.165, 1.54) is 13.8 Å². The first-order valence-electron chi connectivity index (χ1n) is 5.74. The standard InChI is InChI=1S/C9H15FO7S2/c1-5-7(3-16-19(13,14)17-5)9(10)8-4-15-18(11,12)6(8)2/h5-9H,3-4H2,1-2H3. The van der Waals surface area contributed by atoms with Gasteiger partial charge in [-0.15, -0.1) is 0 Å². The Morgan fingerprint density at radius 3 is 2.11 bits per heavy atom. The third kappa shape index (κ3) is 2.92. The minimum absolute atomic E-state index is 0.249. The molecule has 10 heteroatoms. The molecule has 0 radical (unpaired) electrons. The molecule has 0 saturated carbocycles. The van der Waals surface area contributed by atoms with Gasteiger partial charge in [0.25, 0.3) is 10.1 Å². The highest BCUT2D eigenvalue weighted by molar-refractivity contribution is 7.87. The lowest BCUT2D eigenvalue weighted by molar-refractivity contribution is -0.0151. The molecule has 0 bridgehead atoms. The molecule has 19 heavy (non-hydrogen) atoms. The minimum atomic E-state index is -4.07. The summed E-state index contributed by atoms with van der Waals surface area (Å²) in [6.07, 6.45) is -2.50. The van der Waals surface area contributed by atoms with Crippen molar-refractivity contribution < 1.29 is 33.8 Å². The maximum atomic E-state index is 14.4. The predicted octanol–water partition coefficient (Wildman–Crippen LogP) is -0.0145. The first-order chi connectivity index (χ1) is 8.64. The molecule has 0 N–H and O–H groups in total. The van der Waals surface area contributed by atoms with E-state index in [1.54, 1.807) is 0 Å². The lowest BCUT2D eigenvalue weighted by Crippen LogP contribution is -2.45. The smallest absolute Gasteiger partial charge is 0.269 e. The Hall–Kier alpha value is -0.290. The number of halogens is 1. The van der Waals surface area contributed by atoms with E-state index in [0.29, 0.717) is 0 Å². The average Bonchev–Trinajstić information content (AvgIpc) is 2.52. The molecule has 0 spiro atoms. The average molecular weight is 318 g/mol. The Kier molecular flexibility index (Phi) is 3.91. The number of alkyl halides is 1. The highest BCUT2D eigenvalue weighted by Gasteiger charge is 2.48. The fraction of sp³-hybridized carbons (Fsp3) is 1.00. The van der Waals surface area contributed by atoms with Crippen molar-refractivity contribution in [2.24, 2.45) is 11.8 Å². The molecule has 2 rings (SSSR count). The van der Waals surface area contributed by atoms with Gasteiger partial charge < -0.3 is 0 Å². The quantitative estimate of drug-likeness (QED) is 0.660. The van der Waals surface area contributed by atoms with Gasteiger partial charge in [-0.25, -0.2) is 12.8 Å². The minimum Gasteiger partial charge on any atom is -0.269 e. The van der Waals surface area contributed by atoms with E-state index in [0.717, 1.165) is 0 Å². The summed E-state index contributed by atoms with van der Waals surface area (Å²) in [5.41, 5.74) is 0. The molecule has 0 amide bonds. The van der Waals surface area contributed by atoms with Crippen LogP contribution in [0.4, 0.5) is 4.39 Å². The fourth-order valence-electron chi connectivity index (χ4n) is 2.23. The van der Waals surface area contributed by atoms with Gasteiger partial charge >= 0.3 is 10.4 Å². The molecular formula is C9H15FO7S2. The van der Waals surface area contributed by atoms with Crippen LogP contribution in [0.3, 0.4) is 0 Å². The Balaban J connectivity index is 2.11. The molecule has 0 aromatic rings. The van der Waals surface area contributed by atoms with Crippen LogP contribution in [0.2, 0.25) is 0 Å². The first kappa shape index (κ1) is 15.1. The molecule has 2 saturated heterocycles. The van der Waals surface area contributed by atoms with E-state index < -0.39 is 49.9 Å². The fourth-order valence-corrected chi connectivity index (χ4v) is 4.34. The van der Waals surface area contributed by atoms with Crippen LogP contribution in [0.15, 0.2) is 0 Å². The lowest BCUT2D eigenvalue weighted by atomic mass is 9.88. The zero-order chi connectivity index (χ0) is 14.4. The molecule has 2 aliphatic heterocycles. The van der Waals surface area contributed by atoms with Crippen LogP contribution in [-0.2, 0) is 33.1 Å². The Morgan fingerprint density at radius 1 is 1.05 bits per heavy atom. The van der Waals surface area contributed by atoms with Crippen molar-refractivity contribution in [1.82, 2.24) is 0 Å². The largest absolute Gasteiger partial charge is 0.400 e. The molecule has 7 nitrogen and oxygen atoms in total. The molecule has 0 aromatic heterocycles. The summed E-state index contributed by atoms with van der Waals surface area (Å²) in [5, 5.41) is -0.978. The van der Waals surface area contributed by atoms with Crippen molar-refractivity contribution in [2.75, 3.05) is 13.2 Å². The maximum Gasteiger partial charge on any atom is 0.400 e. The van der Waals surface area contributed by atoms with E-state index in [1.807, 2.05) is 0 Å². The third-order valence-corrected chi connectivity index (χ3v) is 6.27. The van der Waals surface area contributed by atoms with E-state index >= 15 is 0 Å². The van der Waals surface area contributed by atoms with E-state index in [4.69, 9.17) is 0 Å². The summed E-state index contributed by atoms with van der Waals surface area (Å²) in [6.45, 7) is 2.16. The second-order valence-corrected chi connectivity index (χ2v) is 7.96. The Bertz CT molecular complexity index is 543. The molecule has 5 atom stereocenters. The normalized spacial score (nSPS) is 42.9. The summed E-state index contributed by atoms with van der Waals surface area (Å²) in [4.78, 5) is 0. The van der Waals surface area contributed by atoms with Crippen LogP contribution < -0.4 is 0 Å². The number of rotatable bonds is 2. The predicted molar refractivity (Wildman–Crippen MR) is 61.6 cm³/mol. The molecule has 2 fully saturated rings. The molecule has 0 aliphatic carbocycles. The van der Waals surface area contributed by atoms with Gasteiger partial charge in [0.05, 0.1) is 24.6 Å². The molecule has 2 heterocycles. The van der Waals surface area contributed by atoms with Gasteiger partial charge in [-0.2, -0.15) is 16.8 Å². The van der Waals surface area contributed by atoms with Crippen LogP contribution in [0.25, 0.3) is 0 Å². The van der Waals surface area contributed by atoms with E-state index in [9.17, 15) is 21.2 Å². The summed E-state index contributed by atoms with van der Waals surface area (Å²) < 4.78 is 72.8. The summed E-state index contributed by atoms with van der Waals surface area (Å²) in [5.74, 6) is -1.71. The second-order valence-electron chi connectivity index (χ2n) is 4.75. The van der Waals surface area contributed by atoms with Crippen molar-refractivity contribution in [3.63, 3.8) is 0 Å². The molecule has 112 valence electrons. The number of hydrogen-bond donors (Lipinski definition) is 0. The van der Waals surface area contributed by atoms with Crippen LogP contribution in [-0.4, -0.2) is 47.6 Å². The Morgan fingerprint density at radius 2 is 1.63 bits per heavy atom. The van der Waals surface area contributed by atoms with Gasteiger partial charge in [0.2, 0.25) is 0 Å². The molecule has 2 aliphatic rings. The van der Waals surface area contributed by atoms with E-state index in [2.05, 4.69) is 12.5 Å². The highest BCUT2D eigenvalue weighted by atomic mass is 32.3. The third-order valence-electron chi connectivity index (χ3n) is 3.58. The van der Waals surface area contributed by atoms with E-state index in [-0.39, 0.29) is 13.2 Å². The SMILES string of the molecule is CC1OS(=O)(=O)OCC1C(F)C1COS(=O)(=O)C1C. The van der Waals surface area contributed by atoms with Gasteiger partial charge in [0.1, 0.15) is 6.17 Å². The monoisotopic (exact) mass is 318 g/mol. The van der Waals surface area contributed by atoms with Gasteiger partial charge in [0.15, 0.2) is 0 Å². The van der Waals surface area contributed by atoms with Crippen molar-refractivity contribution in [1.29, 1.82) is 0 Å². The van der Waals surface area contributed by atoms with Crippen molar-refractivity contribution >= 4 is 20.5 Å². The lowest BCUT2D eigenvalue weighted by Gasteiger charge is -2.32. The first-order valence-corrected chi connectivity index (χ1v) is 8.54. The van der Waals surface area contributed by atoms with Crippen LogP contribution in [0.1, 0.15) is 13.8 Å². The van der Waals surface area contributed by atoms with Crippen LogP contribution in [0.5, 0.6) is 0 Å². The van der Waals surface area contributed by atoms with Gasteiger partial charge in [0, 0.05) is 11.8 Å². The zero-order valence-electron chi connectivity index (χ0n) is 10.4. The van der Waals surface area contributed by atoms with Crippen molar-refractivity contribution in [3.05, 3.63) is 0 Å². The van der Waals surface area contributed by atoms with Crippen LogP contribution >= 0.6 is 0 Å². The van der Waals surface area contributed by atoms with Gasteiger partial charge in [-0.1, -0.05) is 0 Å². The van der Waals surface area contributed by atoms with Crippen molar-refractivity contribution in [3.8, 4) is 0 Å². The van der Waals surface area contributed by atoms with Gasteiger partial charge in [-0.3, -0.25) is 4.18 Å². The summed E-state index contributed by atoms with van der Waals surface area (Å²) in [7, 11) is -7.81. The Labute approximate surface area is 111 Å². The number of hydrogen-bond acceptors (Lipinski definition) is 7. The highest BCUT2D eigenvalue weighted by Crippen LogP contribution is 2.35. The molecule has 0 aromatic carbocycles. The topological polar surface area (TPSA) is 96.0 Å². The second kappa shape index (κ2) is 4.92.